The first-order valence-electron chi connectivity index (χ1n) is 11.4. The monoisotopic (exact) mass is 396 g/mol. The van der Waals surface area contributed by atoms with E-state index in [0.717, 1.165) is 18.0 Å². The van der Waals surface area contributed by atoms with Crippen molar-refractivity contribution in [3.8, 4) is 0 Å². The van der Waals surface area contributed by atoms with Gasteiger partial charge >= 0.3 is 0 Å². The van der Waals surface area contributed by atoms with Crippen molar-refractivity contribution in [2.75, 3.05) is 32.7 Å². The fraction of sp³-hybridized carbons (Fsp3) is 0.625. The number of carbonyl (C=O) groups excluding carboxylic acids is 1. The maximum absolute atomic E-state index is 12.3. The number of nitrogens with one attached hydrogen (secondary N) is 1. The highest BCUT2D eigenvalue weighted by atomic mass is 16.2. The number of aromatic nitrogens is 1. The number of benzene rings is 1. The summed E-state index contributed by atoms with van der Waals surface area (Å²) in [6.07, 6.45) is 7.62. The molecule has 2 aliphatic heterocycles. The number of fused-ring (bicyclic) bond motifs is 1. The van der Waals surface area contributed by atoms with Crippen LogP contribution in [0.5, 0.6) is 0 Å². The van der Waals surface area contributed by atoms with Gasteiger partial charge in [-0.3, -0.25) is 9.69 Å². The van der Waals surface area contributed by atoms with Gasteiger partial charge in [-0.25, -0.2) is 0 Å². The minimum atomic E-state index is 0.0796. The third kappa shape index (κ3) is 5.20. The fourth-order valence-corrected chi connectivity index (χ4v) is 5.12. The Morgan fingerprint density at radius 3 is 2.66 bits per heavy atom. The summed E-state index contributed by atoms with van der Waals surface area (Å²) < 4.78 is 2.12. The number of amides is 1. The Hall–Kier alpha value is -1.85. The van der Waals surface area contributed by atoms with E-state index in [9.17, 15) is 4.79 Å². The first-order chi connectivity index (χ1) is 14.1. The quantitative estimate of drug-likeness (QED) is 0.779. The van der Waals surface area contributed by atoms with Gasteiger partial charge in [0.15, 0.2) is 0 Å². The summed E-state index contributed by atoms with van der Waals surface area (Å²) in [6, 6.07) is 8.68. The predicted octanol–water partition coefficient (Wildman–Crippen LogP) is 3.47. The molecule has 0 bridgehead atoms. The molecule has 1 unspecified atom stereocenters. The molecule has 1 N–H and O–H groups in total. The summed E-state index contributed by atoms with van der Waals surface area (Å²) >= 11 is 0. The van der Waals surface area contributed by atoms with Crippen molar-refractivity contribution in [2.45, 2.75) is 58.7 Å². The van der Waals surface area contributed by atoms with Crippen LogP contribution in [0.25, 0.3) is 10.9 Å². The summed E-state index contributed by atoms with van der Waals surface area (Å²) in [4.78, 5) is 17.6. The second kappa shape index (κ2) is 9.31. The molecule has 0 saturated carbocycles. The Morgan fingerprint density at radius 1 is 1.10 bits per heavy atom. The average Bonchev–Trinajstić information content (AvgIpc) is 3.30. The van der Waals surface area contributed by atoms with E-state index >= 15 is 0 Å². The van der Waals surface area contributed by atoms with Crippen molar-refractivity contribution in [3.63, 3.8) is 0 Å². The fourth-order valence-electron chi connectivity index (χ4n) is 5.12. The number of rotatable bonds is 7. The summed E-state index contributed by atoms with van der Waals surface area (Å²) in [7, 11) is 0. The molecule has 5 heteroatoms. The van der Waals surface area contributed by atoms with Gasteiger partial charge in [0.05, 0.1) is 0 Å². The Kier molecular flexibility index (Phi) is 6.56. The minimum Gasteiger partial charge on any atom is -0.352 e. The SMILES string of the molecule is CC(C)NC(=O)Cn1cc(CN2CCCC(CN3CCCC3)C2)c2ccccc21. The number of hydrogen-bond donors (Lipinski definition) is 1. The van der Waals surface area contributed by atoms with E-state index in [2.05, 4.69) is 50.1 Å². The Labute approximate surface area is 175 Å². The van der Waals surface area contributed by atoms with Crippen molar-refractivity contribution >= 4 is 16.8 Å². The molecule has 1 amide bonds. The first kappa shape index (κ1) is 20.4. The number of nitrogens with zero attached hydrogens (tertiary/aromatic N) is 3. The number of hydrogen-bond acceptors (Lipinski definition) is 3. The molecule has 1 aromatic carbocycles. The molecule has 4 rings (SSSR count). The molecule has 29 heavy (non-hydrogen) atoms. The van der Waals surface area contributed by atoms with Crippen LogP contribution in [-0.4, -0.2) is 59.0 Å². The summed E-state index contributed by atoms with van der Waals surface area (Å²) in [5.74, 6) is 0.878. The largest absolute Gasteiger partial charge is 0.352 e. The van der Waals surface area contributed by atoms with Crippen LogP contribution in [0.15, 0.2) is 30.5 Å². The molecular weight excluding hydrogens is 360 g/mol. The molecule has 2 aromatic rings. The van der Waals surface area contributed by atoms with E-state index in [1.807, 2.05) is 13.8 Å². The Morgan fingerprint density at radius 2 is 1.86 bits per heavy atom. The minimum absolute atomic E-state index is 0.0796. The third-order valence-electron chi connectivity index (χ3n) is 6.35. The number of carbonyl (C=O) groups is 1. The Bertz CT molecular complexity index is 821. The van der Waals surface area contributed by atoms with Crippen LogP contribution in [0.3, 0.4) is 0 Å². The van der Waals surface area contributed by atoms with E-state index in [1.54, 1.807) is 0 Å². The number of piperidine rings is 1. The van der Waals surface area contributed by atoms with Crippen LogP contribution in [0.4, 0.5) is 0 Å². The lowest BCUT2D eigenvalue weighted by Gasteiger charge is -2.34. The topological polar surface area (TPSA) is 40.5 Å². The molecule has 0 aliphatic carbocycles. The maximum atomic E-state index is 12.3. The van der Waals surface area contributed by atoms with Crippen molar-refractivity contribution in [2.24, 2.45) is 5.92 Å². The zero-order valence-corrected chi connectivity index (χ0v) is 18.1. The molecule has 1 aromatic heterocycles. The normalized spacial score (nSPS) is 21.3. The third-order valence-corrected chi connectivity index (χ3v) is 6.35. The van der Waals surface area contributed by atoms with Gasteiger partial charge in [0.25, 0.3) is 0 Å². The van der Waals surface area contributed by atoms with Gasteiger partial charge in [0.1, 0.15) is 6.54 Å². The summed E-state index contributed by atoms with van der Waals surface area (Å²) in [6.45, 7) is 11.6. The highest BCUT2D eigenvalue weighted by Crippen LogP contribution is 2.26. The number of para-hydroxylation sites is 1. The van der Waals surface area contributed by atoms with Crippen LogP contribution in [0, 0.1) is 5.92 Å². The lowest BCUT2D eigenvalue weighted by molar-refractivity contribution is -0.122. The molecule has 1 atom stereocenters. The zero-order chi connectivity index (χ0) is 20.2. The summed E-state index contributed by atoms with van der Waals surface area (Å²) in [5.41, 5.74) is 2.51. The first-order valence-corrected chi connectivity index (χ1v) is 11.4. The smallest absolute Gasteiger partial charge is 0.240 e. The molecule has 2 saturated heterocycles. The van der Waals surface area contributed by atoms with Crippen LogP contribution >= 0.6 is 0 Å². The van der Waals surface area contributed by atoms with Crippen LogP contribution in [0.2, 0.25) is 0 Å². The zero-order valence-electron chi connectivity index (χ0n) is 18.1. The van der Waals surface area contributed by atoms with E-state index in [1.165, 1.54) is 69.4 Å². The van der Waals surface area contributed by atoms with Gasteiger partial charge in [0, 0.05) is 42.8 Å². The molecule has 0 spiro atoms. The van der Waals surface area contributed by atoms with Crippen molar-refractivity contribution in [3.05, 3.63) is 36.0 Å². The van der Waals surface area contributed by atoms with Gasteiger partial charge < -0.3 is 14.8 Å². The van der Waals surface area contributed by atoms with Crippen LogP contribution < -0.4 is 5.32 Å². The van der Waals surface area contributed by atoms with Crippen molar-refractivity contribution in [1.29, 1.82) is 0 Å². The highest BCUT2D eigenvalue weighted by Gasteiger charge is 2.24. The molecule has 5 nitrogen and oxygen atoms in total. The van der Waals surface area contributed by atoms with Gasteiger partial charge in [-0.05, 0) is 76.7 Å². The van der Waals surface area contributed by atoms with E-state index < -0.39 is 0 Å². The van der Waals surface area contributed by atoms with Crippen molar-refractivity contribution in [1.82, 2.24) is 19.7 Å². The lowest BCUT2D eigenvalue weighted by atomic mass is 9.97. The molecule has 158 valence electrons. The Balaban J connectivity index is 1.45. The average molecular weight is 397 g/mol. The predicted molar refractivity (Wildman–Crippen MR) is 119 cm³/mol. The van der Waals surface area contributed by atoms with Gasteiger partial charge in [-0.2, -0.15) is 0 Å². The molecule has 2 aliphatic rings. The van der Waals surface area contributed by atoms with Gasteiger partial charge in [0.2, 0.25) is 5.91 Å². The van der Waals surface area contributed by atoms with E-state index in [0.29, 0.717) is 6.54 Å². The maximum Gasteiger partial charge on any atom is 0.240 e. The molecular formula is C24H36N4O. The lowest BCUT2D eigenvalue weighted by Crippen LogP contribution is -2.40. The second-order valence-corrected chi connectivity index (χ2v) is 9.27. The van der Waals surface area contributed by atoms with Gasteiger partial charge in [-0.1, -0.05) is 18.2 Å². The summed E-state index contributed by atoms with van der Waals surface area (Å²) in [5, 5.41) is 4.30. The van der Waals surface area contributed by atoms with E-state index in [-0.39, 0.29) is 11.9 Å². The van der Waals surface area contributed by atoms with E-state index in [4.69, 9.17) is 0 Å². The van der Waals surface area contributed by atoms with Crippen molar-refractivity contribution < 1.29 is 4.79 Å². The van der Waals surface area contributed by atoms with Gasteiger partial charge in [-0.15, -0.1) is 0 Å². The second-order valence-electron chi connectivity index (χ2n) is 9.27. The molecule has 3 heterocycles. The number of likely N-dealkylation sites (tertiary alicyclic amines) is 2. The standard InChI is InChI=1S/C24H36N4O/c1-19(2)25-24(29)18-28-17-21(22-9-3-4-10-23(22)28)16-27-13-7-8-20(15-27)14-26-11-5-6-12-26/h3-4,9-10,17,19-20H,5-8,11-16,18H2,1-2H3,(H,25,29). The van der Waals surface area contributed by atoms with Crippen LogP contribution in [0.1, 0.15) is 45.1 Å². The van der Waals surface area contributed by atoms with Crippen LogP contribution in [-0.2, 0) is 17.9 Å². The highest BCUT2D eigenvalue weighted by molar-refractivity contribution is 5.86. The molecule has 2 fully saturated rings. The molecule has 0 radical (unpaired) electrons.